The molecule has 2 aromatic rings. The van der Waals surface area contributed by atoms with E-state index in [9.17, 15) is 0 Å². The van der Waals surface area contributed by atoms with Crippen LogP contribution in [0.3, 0.4) is 0 Å². The molecule has 2 heteroatoms. The van der Waals surface area contributed by atoms with Gasteiger partial charge >= 0.3 is 0 Å². The zero-order valence-electron chi connectivity index (χ0n) is 10.1. The predicted molar refractivity (Wildman–Crippen MR) is 70.8 cm³/mol. The largest absolute Gasteiger partial charge is 0.293 e. The fourth-order valence-electron chi connectivity index (χ4n) is 2.02. The molecule has 0 radical (unpaired) electrons. The van der Waals surface area contributed by atoms with Crippen molar-refractivity contribution in [3.8, 4) is 6.07 Å². The number of hydrogen-bond acceptors (Lipinski definition) is 2. The van der Waals surface area contributed by atoms with E-state index in [-0.39, 0.29) is 0 Å². The second-order valence-corrected chi connectivity index (χ2v) is 4.28. The van der Waals surface area contributed by atoms with Crippen LogP contribution in [-0.4, -0.2) is 25.0 Å². The molecule has 0 atom stereocenters. The summed E-state index contributed by atoms with van der Waals surface area (Å²) in [7, 11) is 1.98. The van der Waals surface area contributed by atoms with Gasteiger partial charge in [0.25, 0.3) is 0 Å². The zero-order chi connectivity index (χ0) is 12.1. The molecule has 0 aliphatic rings. The second-order valence-electron chi connectivity index (χ2n) is 4.28. The number of likely N-dealkylation sites (N-methyl/N-ethyl adjacent to an activating group) is 1. The molecular weight excluding hydrogens is 208 g/mol. The van der Waals surface area contributed by atoms with E-state index in [2.05, 4.69) is 48.5 Å². The fraction of sp³-hybridized carbons (Fsp3) is 0.267. The number of benzene rings is 2. The summed E-state index contributed by atoms with van der Waals surface area (Å²) in [6.07, 6.45) is 0.986. The summed E-state index contributed by atoms with van der Waals surface area (Å²) in [5.41, 5.74) is 1.35. The smallest absolute Gasteiger partial charge is 0.0863 e. The molecule has 0 N–H and O–H groups in total. The van der Waals surface area contributed by atoms with E-state index in [0.29, 0.717) is 6.54 Å². The van der Waals surface area contributed by atoms with E-state index in [1.165, 1.54) is 16.3 Å². The standard InChI is InChI=1S/C15H16N2/c1-17(12-10-16)11-9-14-7-4-6-13-5-2-3-8-15(13)14/h2-8H,9,11-12H2,1H3. The third-order valence-corrected chi connectivity index (χ3v) is 2.98. The Morgan fingerprint density at radius 1 is 1.12 bits per heavy atom. The topological polar surface area (TPSA) is 27.0 Å². The molecule has 2 aromatic carbocycles. The molecule has 86 valence electrons. The van der Waals surface area contributed by atoms with Gasteiger partial charge in [0.1, 0.15) is 0 Å². The van der Waals surface area contributed by atoms with Gasteiger partial charge in [-0.2, -0.15) is 5.26 Å². The van der Waals surface area contributed by atoms with Crippen LogP contribution in [0.15, 0.2) is 42.5 Å². The SMILES string of the molecule is CN(CC#N)CCc1cccc2ccccc12. The summed E-state index contributed by atoms with van der Waals surface area (Å²) in [6, 6.07) is 17.0. The Morgan fingerprint density at radius 3 is 2.71 bits per heavy atom. The lowest BCUT2D eigenvalue weighted by molar-refractivity contribution is 0.379. The van der Waals surface area contributed by atoms with Gasteiger partial charge in [-0.05, 0) is 29.8 Å². The normalized spacial score (nSPS) is 10.6. The molecule has 17 heavy (non-hydrogen) atoms. The first-order valence-corrected chi connectivity index (χ1v) is 5.83. The first-order valence-electron chi connectivity index (χ1n) is 5.83. The average molecular weight is 224 g/mol. The van der Waals surface area contributed by atoms with E-state index in [1.54, 1.807) is 0 Å². The van der Waals surface area contributed by atoms with Crippen molar-refractivity contribution >= 4 is 10.8 Å². The Kier molecular flexibility index (Phi) is 3.74. The molecule has 0 bridgehead atoms. The average Bonchev–Trinajstić information content (AvgIpc) is 2.36. The lowest BCUT2D eigenvalue weighted by Gasteiger charge is -2.13. The third-order valence-electron chi connectivity index (χ3n) is 2.98. The van der Waals surface area contributed by atoms with Crippen molar-refractivity contribution in [1.29, 1.82) is 5.26 Å². The Hall–Kier alpha value is -1.85. The molecule has 0 aliphatic heterocycles. The summed E-state index contributed by atoms with van der Waals surface area (Å²) in [4.78, 5) is 2.04. The molecule has 0 aliphatic carbocycles. The monoisotopic (exact) mass is 224 g/mol. The highest BCUT2D eigenvalue weighted by Gasteiger charge is 2.02. The number of fused-ring (bicyclic) bond motifs is 1. The van der Waals surface area contributed by atoms with Crippen LogP contribution in [0, 0.1) is 11.3 Å². The van der Waals surface area contributed by atoms with Gasteiger partial charge in [-0.1, -0.05) is 42.5 Å². The minimum absolute atomic E-state index is 0.491. The van der Waals surface area contributed by atoms with Crippen LogP contribution in [0.25, 0.3) is 10.8 Å². The summed E-state index contributed by atoms with van der Waals surface area (Å²) in [5, 5.41) is 11.2. The van der Waals surface area contributed by atoms with Crippen molar-refractivity contribution in [1.82, 2.24) is 4.90 Å². The molecule has 0 fully saturated rings. The number of hydrogen-bond donors (Lipinski definition) is 0. The van der Waals surface area contributed by atoms with Gasteiger partial charge in [-0.3, -0.25) is 4.90 Å². The first-order chi connectivity index (χ1) is 8.31. The van der Waals surface area contributed by atoms with Gasteiger partial charge in [-0.25, -0.2) is 0 Å². The predicted octanol–water partition coefficient (Wildman–Crippen LogP) is 2.84. The van der Waals surface area contributed by atoms with Gasteiger partial charge in [0.2, 0.25) is 0 Å². The highest BCUT2D eigenvalue weighted by atomic mass is 15.1. The van der Waals surface area contributed by atoms with Gasteiger partial charge in [-0.15, -0.1) is 0 Å². The molecule has 0 unspecified atom stereocenters. The van der Waals surface area contributed by atoms with E-state index >= 15 is 0 Å². The van der Waals surface area contributed by atoms with Gasteiger partial charge in [0, 0.05) is 6.54 Å². The number of rotatable bonds is 4. The van der Waals surface area contributed by atoms with Crippen LogP contribution in [-0.2, 0) is 6.42 Å². The second kappa shape index (κ2) is 5.47. The lowest BCUT2D eigenvalue weighted by atomic mass is 10.0. The van der Waals surface area contributed by atoms with E-state index in [4.69, 9.17) is 5.26 Å². The zero-order valence-corrected chi connectivity index (χ0v) is 10.1. The molecule has 0 heterocycles. The van der Waals surface area contributed by atoms with Crippen LogP contribution in [0.4, 0.5) is 0 Å². The molecule has 0 spiro atoms. The molecule has 0 saturated carbocycles. The van der Waals surface area contributed by atoms with Gasteiger partial charge in [0.05, 0.1) is 12.6 Å². The van der Waals surface area contributed by atoms with Crippen LogP contribution < -0.4 is 0 Å². The Labute approximate surface area is 102 Å². The molecule has 2 nitrogen and oxygen atoms in total. The highest BCUT2D eigenvalue weighted by Crippen LogP contribution is 2.18. The summed E-state index contributed by atoms with van der Waals surface area (Å²) < 4.78 is 0. The maximum Gasteiger partial charge on any atom is 0.0863 e. The maximum absolute atomic E-state index is 8.61. The van der Waals surface area contributed by atoms with Crippen LogP contribution >= 0.6 is 0 Å². The lowest BCUT2D eigenvalue weighted by Crippen LogP contribution is -2.21. The maximum atomic E-state index is 8.61. The number of nitrogens with zero attached hydrogens (tertiary/aromatic N) is 2. The van der Waals surface area contributed by atoms with E-state index in [0.717, 1.165) is 13.0 Å². The summed E-state index contributed by atoms with van der Waals surface area (Å²) >= 11 is 0. The molecule has 2 rings (SSSR count). The fourth-order valence-corrected chi connectivity index (χ4v) is 2.02. The molecule has 0 amide bonds. The van der Waals surface area contributed by atoms with Gasteiger partial charge < -0.3 is 0 Å². The van der Waals surface area contributed by atoms with E-state index < -0.39 is 0 Å². The van der Waals surface area contributed by atoms with Gasteiger partial charge in [0.15, 0.2) is 0 Å². The highest BCUT2D eigenvalue weighted by molar-refractivity contribution is 5.85. The summed E-state index contributed by atoms with van der Waals surface area (Å²) in [5.74, 6) is 0. The van der Waals surface area contributed by atoms with Crippen LogP contribution in [0.5, 0.6) is 0 Å². The Morgan fingerprint density at radius 2 is 1.88 bits per heavy atom. The van der Waals surface area contributed by atoms with Crippen molar-refractivity contribution in [3.63, 3.8) is 0 Å². The molecular formula is C15H16N2. The number of nitriles is 1. The van der Waals surface area contributed by atoms with E-state index in [1.807, 2.05) is 11.9 Å². The summed E-state index contributed by atoms with van der Waals surface area (Å²) in [6.45, 7) is 1.41. The Balaban J connectivity index is 2.16. The van der Waals surface area contributed by atoms with Crippen LogP contribution in [0.2, 0.25) is 0 Å². The Bertz CT molecular complexity index is 535. The van der Waals surface area contributed by atoms with Crippen molar-refractivity contribution in [2.75, 3.05) is 20.1 Å². The van der Waals surface area contributed by atoms with Crippen molar-refractivity contribution < 1.29 is 0 Å². The molecule has 0 saturated heterocycles. The quantitative estimate of drug-likeness (QED) is 0.747. The van der Waals surface area contributed by atoms with Crippen molar-refractivity contribution in [3.05, 3.63) is 48.0 Å². The van der Waals surface area contributed by atoms with Crippen molar-refractivity contribution in [2.24, 2.45) is 0 Å². The minimum Gasteiger partial charge on any atom is -0.293 e. The van der Waals surface area contributed by atoms with Crippen molar-refractivity contribution in [2.45, 2.75) is 6.42 Å². The van der Waals surface area contributed by atoms with Crippen LogP contribution in [0.1, 0.15) is 5.56 Å². The third kappa shape index (κ3) is 2.83. The first kappa shape index (κ1) is 11.6. The minimum atomic E-state index is 0.491. The molecule has 0 aromatic heterocycles.